The Bertz CT molecular complexity index is 438. The van der Waals surface area contributed by atoms with Crippen LogP contribution in [0, 0.1) is 0 Å². The average Bonchev–Trinajstić information content (AvgIpc) is 2.82. The number of ether oxygens (including phenoxy) is 1. The number of hydrogen-bond acceptors (Lipinski definition) is 3. The number of carbonyl (C=O) groups is 1. The van der Waals surface area contributed by atoms with Gasteiger partial charge in [-0.25, -0.2) is 0 Å². The Kier molecular flexibility index (Phi) is 3.31. The van der Waals surface area contributed by atoms with Gasteiger partial charge in [0.15, 0.2) is 0 Å². The first-order chi connectivity index (χ1) is 8.75. The van der Waals surface area contributed by atoms with Gasteiger partial charge in [0.1, 0.15) is 0 Å². The molecule has 1 fully saturated rings. The molecule has 2 aliphatic heterocycles. The van der Waals surface area contributed by atoms with Gasteiger partial charge in [-0.3, -0.25) is 4.79 Å². The second kappa shape index (κ2) is 4.94. The van der Waals surface area contributed by atoms with Crippen molar-refractivity contribution in [2.24, 2.45) is 0 Å². The van der Waals surface area contributed by atoms with Crippen molar-refractivity contribution in [3.63, 3.8) is 0 Å². The Morgan fingerprint density at radius 2 is 2.28 bits per heavy atom. The Labute approximate surface area is 111 Å². The fourth-order valence-electron chi connectivity index (χ4n) is 2.56. The highest BCUT2D eigenvalue weighted by molar-refractivity contribution is 8.01. The third-order valence-corrected chi connectivity index (χ3v) is 4.88. The van der Waals surface area contributed by atoms with E-state index in [4.69, 9.17) is 4.74 Å². The van der Waals surface area contributed by atoms with Crippen molar-refractivity contribution in [2.45, 2.75) is 29.5 Å². The number of amides is 1. The molecule has 1 amide bonds. The Balaban J connectivity index is 1.72. The van der Waals surface area contributed by atoms with E-state index in [1.807, 2.05) is 17.0 Å². The van der Waals surface area contributed by atoms with E-state index in [0.29, 0.717) is 13.2 Å². The molecule has 1 aromatic carbocycles. The lowest BCUT2D eigenvalue weighted by molar-refractivity contribution is -0.138. The van der Waals surface area contributed by atoms with Crippen LogP contribution in [0.25, 0.3) is 0 Å². The molecular formula is C14H17NO2S. The van der Waals surface area contributed by atoms with Crippen molar-refractivity contribution < 1.29 is 9.53 Å². The SMILES string of the molecule is C[C@H]1COCCN1C(=O)[C@H]1Cc2ccccc2S1. The highest BCUT2D eigenvalue weighted by Gasteiger charge is 2.34. The summed E-state index contributed by atoms with van der Waals surface area (Å²) in [4.78, 5) is 15.8. The number of thioether (sulfide) groups is 1. The van der Waals surface area contributed by atoms with Gasteiger partial charge in [0.2, 0.25) is 5.91 Å². The van der Waals surface area contributed by atoms with Crippen LogP contribution in [0.5, 0.6) is 0 Å². The Morgan fingerprint density at radius 3 is 3.06 bits per heavy atom. The largest absolute Gasteiger partial charge is 0.377 e. The molecule has 0 aliphatic carbocycles. The zero-order chi connectivity index (χ0) is 12.5. The van der Waals surface area contributed by atoms with Gasteiger partial charge in [-0.1, -0.05) is 18.2 Å². The smallest absolute Gasteiger partial charge is 0.236 e. The number of rotatable bonds is 1. The molecule has 0 saturated carbocycles. The van der Waals surface area contributed by atoms with E-state index in [2.05, 4.69) is 19.1 Å². The molecule has 2 aliphatic rings. The van der Waals surface area contributed by atoms with Crippen LogP contribution in [0.1, 0.15) is 12.5 Å². The Morgan fingerprint density at radius 1 is 1.44 bits per heavy atom. The van der Waals surface area contributed by atoms with Crippen LogP contribution in [-0.4, -0.2) is 41.9 Å². The van der Waals surface area contributed by atoms with Crippen LogP contribution in [-0.2, 0) is 16.0 Å². The van der Waals surface area contributed by atoms with E-state index in [1.165, 1.54) is 10.5 Å². The molecule has 1 saturated heterocycles. The first kappa shape index (κ1) is 12.1. The number of nitrogens with zero attached hydrogens (tertiary/aromatic N) is 1. The van der Waals surface area contributed by atoms with Gasteiger partial charge in [-0.05, 0) is 25.0 Å². The number of morpholine rings is 1. The van der Waals surface area contributed by atoms with Crippen LogP contribution >= 0.6 is 11.8 Å². The van der Waals surface area contributed by atoms with E-state index >= 15 is 0 Å². The van der Waals surface area contributed by atoms with Crippen LogP contribution in [0.2, 0.25) is 0 Å². The van der Waals surface area contributed by atoms with E-state index in [-0.39, 0.29) is 17.2 Å². The van der Waals surface area contributed by atoms with Gasteiger partial charge >= 0.3 is 0 Å². The van der Waals surface area contributed by atoms with Crippen molar-refractivity contribution in [3.8, 4) is 0 Å². The highest BCUT2D eigenvalue weighted by atomic mass is 32.2. The first-order valence-electron chi connectivity index (χ1n) is 6.38. The molecular weight excluding hydrogens is 246 g/mol. The van der Waals surface area contributed by atoms with Crippen molar-refractivity contribution >= 4 is 17.7 Å². The van der Waals surface area contributed by atoms with Crippen molar-refractivity contribution in [1.29, 1.82) is 0 Å². The maximum Gasteiger partial charge on any atom is 0.236 e. The quantitative estimate of drug-likeness (QED) is 0.775. The average molecular weight is 263 g/mol. The molecule has 2 heterocycles. The molecule has 4 heteroatoms. The van der Waals surface area contributed by atoms with Gasteiger partial charge < -0.3 is 9.64 Å². The number of hydrogen-bond donors (Lipinski definition) is 0. The second-order valence-electron chi connectivity index (χ2n) is 4.87. The summed E-state index contributed by atoms with van der Waals surface area (Å²) in [6, 6.07) is 8.52. The third kappa shape index (κ3) is 2.15. The fraction of sp³-hybridized carbons (Fsp3) is 0.500. The summed E-state index contributed by atoms with van der Waals surface area (Å²) in [5.41, 5.74) is 1.31. The monoisotopic (exact) mass is 263 g/mol. The maximum atomic E-state index is 12.5. The summed E-state index contributed by atoms with van der Waals surface area (Å²) < 4.78 is 5.39. The molecule has 0 radical (unpaired) electrons. The minimum atomic E-state index is 0.0583. The molecule has 0 unspecified atom stereocenters. The number of fused-ring (bicyclic) bond motifs is 1. The summed E-state index contributed by atoms with van der Waals surface area (Å²) in [5, 5.41) is 0.0583. The van der Waals surface area contributed by atoms with Gasteiger partial charge in [0.05, 0.1) is 24.5 Å². The zero-order valence-corrected chi connectivity index (χ0v) is 11.3. The predicted octanol–water partition coefficient (Wildman–Crippen LogP) is 1.95. The van der Waals surface area contributed by atoms with Crippen molar-refractivity contribution in [2.75, 3.05) is 19.8 Å². The Hall–Kier alpha value is -1.00. The molecule has 0 aromatic heterocycles. The molecule has 0 spiro atoms. The molecule has 3 nitrogen and oxygen atoms in total. The van der Waals surface area contributed by atoms with E-state index < -0.39 is 0 Å². The summed E-state index contributed by atoms with van der Waals surface area (Å²) in [7, 11) is 0. The van der Waals surface area contributed by atoms with Crippen LogP contribution in [0.4, 0.5) is 0 Å². The normalized spacial score (nSPS) is 27.1. The van der Waals surface area contributed by atoms with Crippen molar-refractivity contribution in [3.05, 3.63) is 29.8 Å². The zero-order valence-electron chi connectivity index (χ0n) is 10.5. The first-order valence-corrected chi connectivity index (χ1v) is 7.26. The van der Waals surface area contributed by atoms with Gasteiger partial charge in [0.25, 0.3) is 0 Å². The fourth-order valence-corrected chi connectivity index (χ4v) is 3.82. The van der Waals surface area contributed by atoms with Crippen LogP contribution in [0.15, 0.2) is 29.2 Å². The number of carbonyl (C=O) groups excluding carboxylic acids is 1. The molecule has 18 heavy (non-hydrogen) atoms. The lowest BCUT2D eigenvalue weighted by atomic mass is 10.1. The van der Waals surface area contributed by atoms with E-state index in [1.54, 1.807) is 11.8 Å². The topological polar surface area (TPSA) is 29.5 Å². The van der Waals surface area contributed by atoms with E-state index in [0.717, 1.165) is 13.0 Å². The minimum Gasteiger partial charge on any atom is -0.377 e. The second-order valence-corrected chi connectivity index (χ2v) is 6.12. The highest BCUT2D eigenvalue weighted by Crippen LogP contribution is 2.37. The summed E-state index contributed by atoms with van der Waals surface area (Å²) in [6.07, 6.45) is 0.865. The van der Waals surface area contributed by atoms with Gasteiger partial charge in [-0.2, -0.15) is 0 Å². The lowest BCUT2D eigenvalue weighted by Crippen LogP contribution is -2.50. The van der Waals surface area contributed by atoms with Crippen molar-refractivity contribution in [1.82, 2.24) is 4.90 Å². The lowest BCUT2D eigenvalue weighted by Gasteiger charge is -2.34. The summed E-state index contributed by atoms with van der Waals surface area (Å²) >= 11 is 1.71. The summed E-state index contributed by atoms with van der Waals surface area (Å²) in [5.74, 6) is 0.270. The van der Waals surface area contributed by atoms with Crippen LogP contribution < -0.4 is 0 Å². The molecule has 2 atom stereocenters. The number of benzene rings is 1. The maximum absolute atomic E-state index is 12.5. The molecule has 96 valence electrons. The van der Waals surface area contributed by atoms with Gasteiger partial charge in [0, 0.05) is 11.4 Å². The molecule has 0 N–H and O–H groups in total. The molecule has 1 aromatic rings. The van der Waals surface area contributed by atoms with E-state index in [9.17, 15) is 4.79 Å². The minimum absolute atomic E-state index is 0.0583. The molecule has 0 bridgehead atoms. The predicted molar refractivity (Wildman–Crippen MR) is 71.8 cm³/mol. The third-order valence-electron chi connectivity index (χ3n) is 3.57. The van der Waals surface area contributed by atoms with Crippen LogP contribution in [0.3, 0.4) is 0 Å². The summed E-state index contributed by atoms with van der Waals surface area (Å²) in [6.45, 7) is 4.12. The molecule has 3 rings (SSSR count). The standard InChI is InChI=1S/C14H17NO2S/c1-10-9-17-7-6-15(10)14(16)13-8-11-4-2-3-5-12(11)18-13/h2-5,10,13H,6-9H2,1H3/t10-,13+/m0/s1. The van der Waals surface area contributed by atoms with Gasteiger partial charge in [-0.15, -0.1) is 11.8 Å².